The van der Waals surface area contributed by atoms with Gasteiger partial charge in [0.05, 0.1) is 14.2 Å². The van der Waals surface area contributed by atoms with Crippen LogP contribution in [0.15, 0.2) is 18.2 Å². The lowest BCUT2D eigenvalue weighted by molar-refractivity contribution is 0.387. The Bertz CT molecular complexity index is 332. The van der Waals surface area contributed by atoms with Crippen molar-refractivity contribution in [2.24, 2.45) is 0 Å². The van der Waals surface area contributed by atoms with Crippen molar-refractivity contribution in [3.8, 4) is 11.5 Å². The van der Waals surface area contributed by atoms with E-state index < -0.39 is 0 Å². The minimum Gasteiger partial charge on any atom is -0.497 e. The molecule has 0 spiro atoms. The summed E-state index contributed by atoms with van der Waals surface area (Å²) in [5.41, 5.74) is 1.20. The van der Waals surface area contributed by atoms with Crippen molar-refractivity contribution in [3.63, 3.8) is 0 Å². The van der Waals surface area contributed by atoms with Crippen LogP contribution < -0.4 is 20.1 Å². The normalized spacial score (nSPS) is 19.3. The van der Waals surface area contributed by atoms with Gasteiger partial charge in [-0.1, -0.05) is 0 Å². The number of methoxy groups -OCH3 is 2. The van der Waals surface area contributed by atoms with Crippen molar-refractivity contribution in [2.45, 2.75) is 6.04 Å². The van der Waals surface area contributed by atoms with E-state index >= 15 is 0 Å². The highest BCUT2D eigenvalue weighted by atomic mass is 35.5. The number of rotatable bonds is 3. The zero-order valence-electron chi connectivity index (χ0n) is 10.2. The van der Waals surface area contributed by atoms with Crippen molar-refractivity contribution < 1.29 is 9.47 Å². The Hall–Kier alpha value is -0.970. The van der Waals surface area contributed by atoms with Gasteiger partial charge < -0.3 is 20.1 Å². The van der Waals surface area contributed by atoms with Gasteiger partial charge in [0.15, 0.2) is 0 Å². The number of ether oxygens (including phenoxy) is 2. The van der Waals surface area contributed by atoms with Crippen LogP contribution in [0, 0.1) is 0 Å². The molecule has 1 atom stereocenters. The van der Waals surface area contributed by atoms with Gasteiger partial charge in [0, 0.05) is 31.7 Å². The largest absolute Gasteiger partial charge is 0.497 e. The van der Waals surface area contributed by atoms with Gasteiger partial charge in [-0.15, -0.1) is 12.4 Å². The summed E-state index contributed by atoms with van der Waals surface area (Å²) in [7, 11) is 3.34. The average Bonchev–Trinajstić information content (AvgIpc) is 2.39. The number of piperazine rings is 1. The summed E-state index contributed by atoms with van der Waals surface area (Å²) >= 11 is 0. The molecule has 1 heterocycles. The van der Waals surface area contributed by atoms with Crippen LogP contribution in [0.2, 0.25) is 0 Å². The van der Waals surface area contributed by atoms with Gasteiger partial charge in [0.2, 0.25) is 0 Å². The SMILES string of the molecule is COc1cc(OC)cc([C@@H]2CNCCN2)c1.Cl. The van der Waals surface area contributed by atoms with Crippen molar-refractivity contribution in [3.05, 3.63) is 23.8 Å². The fraction of sp³-hybridized carbons (Fsp3) is 0.500. The maximum absolute atomic E-state index is 5.26. The molecule has 5 heteroatoms. The molecule has 0 unspecified atom stereocenters. The van der Waals surface area contributed by atoms with E-state index in [0.29, 0.717) is 6.04 Å². The molecule has 1 saturated heterocycles. The molecule has 2 rings (SSSR count). The van der Waals surface area contributed by atoms with Crippen LogP contribution in [0.3, 0.4) is 0 Å². The highest BCUT2D eigenvalue weighted by Crippen LogP contribution is 2.26. The molecule has 4 nitrogen and oxygen atoms in total. The fourth-order valence-electron chi connectivity index (χ4n) is 1.92. The van der Waals surface area contributed by atoms with Gasteiger partial charge in [-0.2, -0.15) is 0 Å². The van der Waals surface area contributed by atoms with Crippen LogP contribution in [0.1, 0.15) is 11.6 Å². The molecule has 1 aromatic rings. The summed E-state index contributed by atoms with van der Waals surface area (Å²) in [5.74, 6) is 1.67. The molecule has 0 radical (unpaired) electrons. The highest BCUT2D eigenvalue weighted by molar-refractivity contribution is 5.85. The highest BCUT2D eigenvalue weighted by Gasteiger charge is 2.15. The van der Waals surface area contributed by atoms with Crippen molar-refractivity contribution in [1.29, 1.82) is 0 Å². The minimum absolute atomic E-state index is 0. The second-order valence-electron chi connectivity index (χ2n) is 3.86. The molecule has 1 aromatic carbocycles. The van der Waals surface area contributed by atoms with Gasteiger partial charge in [-0.3, -0.25) is 0 Å². The first-order valence-corrected chi connectivity index (χ1v) is 5.50. The lowest BCUT2D eigenvalue weighted by Crippen LogP contribution is -2.42. The summed E-state index contributed by atoms with van der Waals surface area (Å²) in [6.07, 6.45) is 0. The number of hydrogen-bond donors (Lipinski definition) is 2. The maximum Gasteiger partial charge on any atom is 0.122 e. The Morgan fingerprint density at radius 1 is 1.06 bits per heavy atom. The standard InChI is InChI=1S/C12H18N2O2.ClH/c1-15-10-5-9(6-11(7-10)16-2)12-8-13-3-4-14-12;/h5-7,12-14H,3-4,8H2,1-2H3;1H/t12-;/m0./s1. The van der Waals surface area contributed by atoms with Crippen LogP contribution in [0.25, 0.3) is 0 Å². The van der Waals surface area contributed by atoms with Crippen LogP contribution >= 0.6 is 12.4 Å². The molecule has 17 heavy (non-hydrogen) atoms. The second kappa shape index (κ2) is 6.69. The van der Waals surface area contributed by atoms with E-state index in [2.05, 4.69) is 10.6 Å². The summed E-state index contributed by atoms with van der Waals surface area (Å²) in [6, 6.07) is 6.32. The molecule has 96 valence electrons. The molecule has 0 aliphatic carbocycles. The molecule has 1 fully saturated rings. The van der Waals surface area contributed by atoms with E-state index in [1.807, 2.05) is 18.2 Å². The third-order valence-electron chi connectivity index (χ3n) is 2.82. The lowest BCUT2D eigenvalue weighted by atomic mass is 10.0. The van der Waals surface area contributed by atoms with Gasteiger partial charge in [-0.25, -0.2) is 0 Å². The zero-order chi connectivity index (χ0) is 11.4. The van der Waals surface area contributed by atoms with Crippen LogP contribution in [-0.2, 0) is 0 Å². The van der Waals surface area contributed by atoms with E-state index in [0.717, 1.165) is 31.1 Å². The van der Waals surface area contributed by atoms with Crippen molar-refractivity contribution in [2.75, 3.05) is 33.9 Å². The van der Waals surface area contributed by atoms with E-state index in [1.54, 1.807) is 14.2 Å². The van der Waals surface area contributed by atoms with Crippen molar-refractivity contribution >= 4 is 12.4 Å². The number of nitrogens with one attached hydrogen (secondary N) is 2. The Labute approximate surface area is 108 Å². The monoisotopic (exact) mass is 258 g/mol. The maximum atomic E-state index is 5.26. The first-order valence-electron chi connectivity index (χ1n) is 5.50. The van der Waals surface area contributed by atoms with Gasteiger partial charge in [0.1, 0.15) is 11.5 Å². The van der Waals surface area contributed by atoms with Crippen LogP contribution in [0.4, 0.5) is 0 Å². The minimum atomic E-state index is 0. The number of halogens is 1. The third kappa shape index (κ3) is 3.49. The first-order chi connectivity index (χ1) is 7.83. The molecule has 0 aromatic heterocycles. The van der Waals surface area contributed by atoms with Gasteiger partial charge in [0.25, 0.3) is 0 Å². The third-order valence-corrected chi connectivity index (χ3v) is 2.82. The predicted octanol–water partition coefficient (Wildman–Crippen LogP) is 1.36. The molecule has 1 aliphatic rings. The van der Waals surface area contributed by atoms with Crippen LogP contribution in [-0.4, -0.2) is 33.9 Å². The zero-order valence-corrected chi connectivity index (χ0v) is 11.0. The smallest absolute Gasteiger partial charge is 0.122 e. The summed E-state index contributed by atoms with van der Waals surface area (Å²) in [4.78, 5) is 0. The molecular weight excluding hydrogens is 240 g/mol. The summed E-state index contributed by atoms with van der Waals surface area (Å²) in [6.45, 7) is 2.96. The lowest BCUT2D eigenvalue weighted by Gasteiger charge is -2.25. The number of benzene rings is 1. The van der Waals surface area contributed by atoms with Crippen LogP contribution in [0.5, 0.6) is 11.5 Å². The van der Waals surface area contributed by atoms with E-state index in [1.165, 1.54) is 5.56 Å². The van der Waals surface area contributed by atoms with E-state index in [4.69, 9.17) is 9.47 Å². The predicted molar refractivity (Wildman–Crippen MR) is 70.4 cm³/mol. The van der Waals surface area contributed by atoms with E-state index in [9.17, 15) is 0 Å². The Kier molecular flexibility index (Phi) is 5.55. The first kappa shape index (κ1) is 14.1. The molecule has 0 saturated carbocycles. The fourth-order valence-corrected chi connectivity index (χ4v) is 1.92. The number of hydrogen-bond acceptors (Lipinski definition) is 4. The Balaban J connectivity index is 0.00000144. The molecule has 0 bridgehead atoms. The van der Waals surface area contributed by atoms with Gasteiger partial charge in [-0.05, 0) is 17.7 Å². The average molecular weight is 259 g/mol. The molecule has 1 aliphatic heterocycles. The molecule has 0 amide bonds. The summed E-state index contributed by atoms with van der Waals surface area (Å²) in [5, 5.41) is 6.83. The van der Waals surface area contributed by atoms with Gasteiger partial charge >= 0.3 is 0 Å². The Morgan fingerprint density at radius 2 is 1.71 bits per heavy atom. The molecule has 2 N–H and O–H groups in total. The Morgan fingerprint density at radius 3 is 2.18 bits per heavy atom. The quantitative estimate of drug-likeness (QED) is 0.859. The van der Waals surface area contributed by atoms with E-state index in [-0.39, 0.29) is 12.4 Å². The second-order valence-corrected chi connectivity index (χ2v) is 3.86. The molecular formula is C12H19ClN2O2. The van der Waals surface area contributed by atoms with Crippen molar-refractivity contribution in [1.82, 2.24) is 10.6 Å². The summed E-state index contributed by atoms with van der Waals surface area (Å²) < 4.78 is 10.5. The topological polar surface area (TPSA) is 42.5 Å².